The van der Waals surface area contributed by atoms with Crippen molar-refractivity contribution in [3.63, 3.8) is 0 Å². The van der Waals surface area contributed by atoms with Crippen LogP contribution in [0.4, 0.5) is 0 Å². The van der Waals surface area contributed by atoms with Gasteiger partial charge in [0.15, 0.2) is 0 Å². The average molecular weight is 257 g/mol. The second-order valence-electron chi connectivity index (χ2n) is 5.44. The van der Waals surface area contributed by atoms with E-state index in [1.807, 2.05) is 0 Å². The second kappa shape index (κ2) is 8.86. The van der Waals surface area contributed by atoms with Crippen molar-refractivity contribution >= 4 is 0 Å². The molecule has 18 heavy (non-hydrogen) atoms. The summed E-state index contributed by atoms with van der Waals surface area (Å²) in [6, 6.07) is 1.14. The maximum Gasteiger partial charge on any atom is 0.0620 e. The average Bonchev–Trinajstić information content (AvgIpc) is 2.37. The summed E-state index contributed by atoms with van der Waals surface area (Å²) in [6.45, 7) is 10.6. The smallest absolute Gasteiger partial charge is 0.0620 e. The van der Waals surface area contributed by atoms with Gasteiger partial charge in [-0.1, -0.05) is 6.92 Å². The fraction of sp³-hybridized carbons (Fsp3) is 1.00. The highest BCUT2D eigenvalue weighted by atomic mass is 16.5. The lowest BCUT2D eigenvalue weighted by Gasteiger charge is -2.39. The number of likely N-dealkylation sites (N-methyl/N-ethyl adjacent to an activating group) is 2. The fourth-order valence-corrected chi connectivity index (χ4v) is 2.50. The van der Waals surface area contributed by atoms with Crippen molar-refractivity contribution in [2.75, 3.05) is 53.5 Å². The molecular formula is C14H31N3O. The lowest BCUT2D eigenvalue weighted by molar-refractivity contribution is 0.0745. The third-order valence-electron chi connectivity index (χ3n) is 3.74. The van der Waals surface area contributed by atoms with E-state index in [2.05, 4.69) is 43.1 Å². The molecule has 0 aromatic heterocycles. The van der Waals surface area contributed by atoms with Gasteiger partial charge in [0.25, 0.3) is 0 Å². The SMILES string of the molecule is CCCNC(COCC)CC1CN(C)CCN1C. The Balaban J connectivity index is 2.41. The molecule has 1 rings (SSSR count). The van der Waals surface area contributed by atoms with Gasteiger partial charge in [-0.15, -0.1) is 0 Å². The van der Waals surface area contributed by atoms with Crippen LogP contribution in [0.3, 0.4) is 0 Å². The van der Waals surface area contributed by atoms with Crippen LogP contribution in [0.1, 0.15) is 26.7 Å². The minimum atomic E-state index is 0.490. The van der Waals surface area contributed by atoms with E-state index < -0.39 is 0 Å². The highest BCUT2D eigenvalue weighted by Gasteiger charge is 2.25. The van der Waals surface area contributed by atoms with Crippen molar-refractivity contribution in [1.82, 2.24) is 15.1 Å². The third-order valence-corrected chi connectivity index (χ3v) is 3.74. The lowest BCUT2D eigenvalue weighted by atomic mass is 10.0. The van der Waals surface area contributed by atoms with E-state index in [1.54, 1.807) is 0 Å². The minimum Gasteiger partial charge on any atom is -0.380 e. The summed E-state index contributed by atoms with van der Waals surface area (Å²) in [5.74, 6) is 0. The first-order valence-electron chi connectivity index (χ1n) is 7.37. The second-order valence-corrected chi connectivity index (χ2v) is 5.44. The monoisotopic (exact) mass is 257 g/mol. The normalized spacial score (nSPS) is 24.3. The van der Waals surface area contributed by atoms with Crippen molar-refractivity contribution in [3.05, 3.63) is 0 Å². The van der Waals surface area contributed by atoms with Gasteiger partial charge in [-0.25, -0.2) is 0 Å². The fourth-order valence-electron chi connectivity index (χ4n) is 2.50. The van der Waals surface area contributed by atoms with Crippen molar-refractivity contribution in [2.45, 2.75) is 38.8 Å². The maximum atomic E-state index is 5.60. The molecular weight excluding hydrogens is 226 g/mol. The van der Waals surface area contributed by atoms with Crippen LogP contribution in [0.25, 0.3) is 0 Å². The van der Waals surface area contributed by atoms with Crippen LogP contribution in [-0.4, -0.2) is 75.4 Å². The zero-order valence-corrected chi connectivity index (χ0v) is 12.6. The Morgan fingerprint density at radius 1 is 1.28 bits per heavy atom. The summed E-state index contributed by atoms with van der Waals surface area (Å²) in [6.07, 6.45) is 2.36. The molecule has 1 fully saturated rings. The predicted octanol–water partition coefficient (Wildman–Crippen LogP) is 1.03. The molecule has 0 aliphatic carbocycles. The molecule has 4 heteroatoms. The Morgan fingerprint density at radius 2 is 2.06 bits per heavy atom. The zero-order chi connectivity index (χ0) is 13.4. The van der Waals surface area contributed by atoms with E-state index in [4.69, 9.17) is 4.74 Å². The van der Waals surface area contributed by atoms with Gasteiger partial charge >= 0.3 is 0 Å². The van der Waals surface area contributed by atoms with Gasteiger partial charge in [-0.3, -0.25) is 0 Å². The first-order valence-corrected chi connectivity index (χ1v) is 7.37. The highest BCUT2D eigenvalue weighted by molar-refractivity contribution is 4.83. The molecule has 1 N–H and O–H groups in total. The Kier molecular flexibility index (Phi) is 7.82. The van der Waals surface area contributed by atoms with Crippen LogP contribution in [0.15, 0.2) is 0 Å². The predicted molar refractivity (Wildman–Crippen MR) is 77.1 cm³/mol. The number of ether oxygens (including phenoxy) is 1. The van der Waals surface area contributed by atoms with E-state index in [9.17, 15) is 0 Å². The van der Waals surface area contributed by atoms with Crippen LogP contribution in [-0.2, 0) is 4.74 Å². The molecule has 2 unspecified atom stereocenters. The molecule has 1 heterocycles. The number of hydrogen-bond donors (Lipinski definition) is 1. The molecule has 1 aliphatic rings. The van der Waals surface area contributed by atoms with E-state index in [0.717, 1.165) is 19.8 Å². The molecule has 1 aliphatic heterocycles. The molecule has 108 valence electrons. The summed E-state index contributed by atoms with van der Waals surface area (Å²) in [7, 11) is 4.46. The number of hydrogen-bond acceptors (Lipinski definition) is 4. The minimum absolute atomic E-state index is 0.490. The van der Waals surface area contributed by atoms with Crippen LogP contribution in [0, 0.1) is 0 Å². The van der Waals surface area contributed by atoms with E-state index in [-0.39, 0.29) is 0 Å². The maximum absolute atomic E-state index is 5.60. The summed E-state index contributed by atoms with van der Waals surface area (Å²) < 4.78 is 5.60. The molecule has 0 saturated carbocycles. The Morgan fingerprint density at radius 3 is 2.72 bits per heavy atom. The summed E-state index contributed by atoms with van der Waals surface area (Å²) in [5, 5.41) is 3.62. The number of nitrogens with zero attached hydrogens (tertiary/aromatic N) is 2. The van der Waals surface area contributed by atoms with E-state index in [1.165, 1.54) is 32.5 Å². The van der Waals surface area contributed by atoms with Crippen molar-refractivity contribution in [3.8, 4) is 0 Å². The van der Waals surface area contributed by atoms with E-state index in [0.29, 0.717) is 12.1 Å². The molecule has 4 nitrogen and oxygen atoms in total. The van der Waals surface area contributed by atoms with Crippen LogP contribution in [0.5, 0.6) is 0 Å². The summed E-state index contributed by atoms with van der Waals surface area (Å²) >= 11 is 0. The number of piperazine rings is 1. The lowest BCUT2D eigenvalue weighted by Crippen LogP contribution is -2.52. The number of nitrogens with one attached hydrogen (secondary N) is 1. The molecule has 0 aromatic carbocycles. The largest absolute Gasteiger partial charge is 0.380 e. The van der Waals surface area contributed by atoms with Gasteiger partial charge in [0.1, 0.15) is 0 Å². The third kappa shape index (κ3) is 5.65. The summed E-state index contributed by atoms with van der Waals surface area (Å²) in [5.41, 5.74) is 0. The van der Waals surface area contributed by atoms with Gasteiger partial charge in [0.05, 0.1) is 6.61 Å². The standard InChI is InChI=1S/C14H31N3O/c1-5-7-15-13(12-18-6-2)10-14-11-16(3)8-9-17(14)4/h13-15H,5-12H2,1-4H3. The quantitative estimate of drug-likeness (QED) is 0.703. The van der Waals surface area contributed by atoms with Crippen LogP contribution in [0.2, 0.25) is 0 Å². The molecule has 0 amide bonds. The zero-order valence-electron chi connectivity index (χ0n) is 12.6. The van der Waals surface area contributed by atoms with Gasteiger partial charge in [-0.2, -0.15) is 0 Å². The molecule has 0 bridgehead atoms. The van der Waals surface area contributed by atoms with Gasteiger partial charge in [-0.05, 0) is 40.4 Å². The van der Waals surface area contributed by atoms with Gasteiger partial charge < -0.3 is 19.9 Å². The Bertz CT molecular complexity index is 205. The Hall–Kier alpha value is -0.160. The van der Waals surface area contributed by atoms with Crippen LogP contribution >= 0.6 is 0 Å². The first-order chi connectivity index (χ1) is 8.67. The highest BCUT2D eigenvalue weighted by Crippen LogP contribution is 2.12. The van der Waals surface area contributed by atoms with Gasteiger partial charge in [0.2, 0.25) is 0 Å². The molecule has 0 spiro atoms. The van der Waals surface area contributed by atoms with Crippen molar-refractivity contribution in [1.29, 1.82) is 0 Å². The van der Waals surface area contributed by atoms with E-state index >= 15 is 0 Å². The first kappa shape index (κ1) is 15.9. The Labute approximate surface area is 113 Å². The van der Waals surface area contributed by atoms with Crippen LogP contribution < -0.4 is 5.32 Å². The van der Waals surface area contributed by atoms with Crippen molar-refractivity contribution < 1.29 is 4.74 Å². The van der Waals surface area contributed by atoms with Gasteiger partial charge in [0, 0.05) is 38.3 Å². The molecule has 1 saturated heterocycles. The molecule has 0 radical (unpaired) electrons. The summed E-state index contributed by atoms with van der Waals surface area (Å²) in [4.78, 5) is 4.93. The molecule has 0 aromatic rings. The van der Waals surface area contributed by atoms with Crippen molar-refractivity contribution in [2.24, 2.45) is 0 Å². The number of rotatable bonds is 8. The molecule has 2 atom stereocenters. The topological polar surface area (TPSA) is 27.7 Å².